The Kier molecular flexibility index (Phi) is 18.0. The molecule has 0 heterocycles. The van der Waals surface area contributed by atoms with Gasteiger partial charge in [0.2, 0.25) is 0 Å². The first-order valence-corrected chi connectivity index (χ1v) is 10.0. The van der Waals surface area contributed by atoms with Crippen molar-refractivity contribution in [1.29, 1.82) is 0 Å². The zero-order chi connectivity index (χ0) is 16.3. The number of unbranched alkanes of at least 4 members (excludes halogenated alkanes) is 13. The number of hydrogen-bond acceptors (Lipinski definition) is 1. The van der Waals surface area contributed by atoms with Crippen LogP contribution in [0.1, 0.15) is 117 Å². The summed E-state index contributed by atoms with van der Waals surface area (Å²) in [5, 5.41) is 0. The first kappa shape index (κ1) is 21.4. The van der Waals surface area contributed by atoms with Crippen LogP contribution in [-0.2, 0) is 4.79 Å². The minimum absolute atomic E-state index is 0.289. The van der Waals surface area contributed by atoms with E-state index in [0.29, 0.717) is 6.42 Å². The predicted octanol–water partition coefficient (Wildman–Crippen LogP) is 7.39. The Morgan fingerprint density at radius 1 is 0.636 bits per heavy atom. The summed E-state index contributed by atoms with van der Waals surface area (Å²) in [6.07, 6.45) is 24.8. The van der Waals surface area contributed by atoms with Crippen LogP contribution in [0.25, 0.3) is 0 Å². The number of ketones is 1. The van der Waals surface area contributed by atoms with E-state index in [1.807, 2.05) is 0 Å². The molecule has 0 aliphatic carbocycles. The molecule has 0 N–H and O–H groups in total. The molecule has 0 saturated carbocycles. The number of rotatable bonds is 17. The highest BCUT2D eigenvalue weighted by Gasteiger charge is 1.94. The molecule has 0 aromatic carbocycles. The topological polar surface area (TPSA) is 17.1 Å². The van der Waals surface area contributed by atoms with Crippen molar-refractivity contribution in [3.8, 4) is 0 Å². The van der Waals surface area contributed by atoms with Crippen molar-refractivity contribution in [2.75, 3.05) is 0 Å². The molecule has 130 valence electrons. The number of allylic oxidation sites excluding steroid dienone is 2. The Morgan fingerprint density at radius 2 is 1.09 bits per heavy atom. The third kappa shape index (κ3) is 17.5. The lowest BCUT2D eigenvalue weighted by Gasteiger charge is -2.02. The molecule has 0 aliphatic heterocycles. The van der Waals surface area contributed by atoms with E-state index >= 15 is 0 Å². The molecule has 0 aromatic rings. The van der Waals surface area contributed by atoms with Gasteiger partial charge in [0.05, 0.1) is 0 Å². The zero-order valence-electron chi connectivity index (χ0n) is 15.4. The van der Waals surface area contributed by atoms with E-state index < -0.39 is 0 Å². The van der Waals surface area contributed by atoms with Crippen LogP contribution in [-0.4, -0.2) is 5.78 Å². The van der Waals surface area contributed by atoms with Crippen LogP contribution in [0.4, 0.5) is 0 Å². The summed E-state index contributed by atoms with van der Waals surface area (Å²) in [7, 11) is 0. The predicted molar refractivity (Wildman–Crippen MR) is 99.4 cm³/mol. The Labute approximate surface area is 140 Å². The van der Waals surface area contributed by atoms with E-state index in [1.54, 1.807) is 6.08 Å². The van der Waals surface area contributed by atoms with Gasteiger partial charge < -0.3 is 0 Å². The minimum Gasteiger partial charge on any atom is -0.295 e. The second-order valence-corrected chi connectivity index (χ2v) is 6.65. The smallest absolute Gasteiger partial charge is 0.155 e. The largest absolute Gasteiger partial charge is 0.295 e. The molecular formula is C21H40O. The second kappa shape index (κ2) is 18.5. The molecule has 0 saturated heterocycles. The maximum Gasteiger partial charge on any atom is 0.155 e. The molecule has 22 heavy (non-hydrogen) atoms. The first-order valence-electron chi connectivity index (χ1n) is 10.0. The van der Waals surface area contributed by atoms with Gasteiger partial charge in [0.1, 0.15) is 0 Å². The summed E-state index contributed by atoms with van der Waals surface area (Å²) in [4.78, 5) is 11.3. The third-order valence-corrected chi connectivity index (χ3v) is 4.27. The highest BCUT2D eigenvalue weighted by atomic mass is 16.1. The third-order valence-electron chi connectivity index (χ3n) is 4.27. The van der Waals surface area contributed by atoms with Gasteiger partial charge in [0.15, 0.2) is 5.78 Å². The molecule has 0 spiro atoms. The lowest BCUT2D eigenvalue weighted by atomic mass is 10.0. The summed E-state index contributed by atoms with van der Waals surface area (Å²) in [5.74, 6) is 0.289. The lowest BCUT2D eigenvalue weighted by Crippen LogP contribution is -1.89. The Hall–Kier alpha value is -0.590. The van der Waals surface area contributed by atoms with Crippen molar-refractivity contribution < 1.29 is 4.79 Å². The molecule has 0 amide bonds. The quantitative estimate of drug-likeness (QED) is 0.202. The molecular weight excluding hydrogens is 268 g/mol. The van der Waals surface area contributed by atoms with Gasteiger partial charge in [0, 0.05) is 6.42 Å². The summed E-state index contributed by atoms with van der Waals surface area (Å²) in [6, 6.07) is 0. The highest BCUT2D eigenvalue weighted by molar-refractivity contribution is 5.89. The maximum atomic E-state index is 11.3. The van der Waals surface area contributed by atoms with E-state index in [4.69, 9.17) is 0 Å². The second-order valence-electron chi connectivity index (χ2n) is 6.65. The van der Waals surface area contributed by atoms with Gasteiger partial charge >= 0.3 is 0 Å². The molecule has 1 heteroatoms. The van der Waals surface area contributed by atoms with Crippen molar-refractivity contribution in [2.24, 2.45) is 0 Å². The van der Waals surface area contributed by atoms with Crippen LogP contribution in [0, 0.1) is 0 Å². The van der Waals surface area contributed by atoms with Gasteiger partial charge in [-0.05, 0) is 25.3 Å². The highest BCUT2D eigenvalue weighted by Crippen LogP contribution is 2.13. The molecule has 0 bridgehead atoms. The number of carbonyl (C=O) groups excluding carboxylic acids is 1. The molecule has 1 nitrogen and oxygen atoms in total. The monoisotopic (exact) mass is 308 g/mol. The number of hydrogen-bond donors (Lipinski definition) is 0. The van der Waals surface area contributed by atoms with Gasteiger partial charge in [0.25, 0.3) is 0 Å². The van der Waals surface area contributed by atoms with Crippen LogP contribution in [0.5, 0.6) is 0 Å². The van der Waals surface area contributed by atoms with Crippen LogP contribution in [0.3, 0.4) is 0 Å². The standard InChI is InChI=1S/C21H40O/c1-3-5-6-7-8-9-10-11-12-13-14-15-16-17-18-20-21(22)19-4-2/h18,20H,3-17,19H2,1-2H3. The van der Waals surface area contributed by atoms with Gasteiger partial charge in [-0.25, -0.2) is 0 Å². The van der Waals surface area contributed by atoms with Gasteiger partial charge in [-0.2, -0.15) is 0 Å². The lowest BCUT2D eigenvalue weighted by molar-refractivity contribution is -0.114. The Morgan fingerprint density at radius 3 is 1.55 bits per heavy atom. The summed E-state index contributed by atoms with van der Waals surface area (Å²) < 4.78 is 0. The molecule has 0 rings (SSSR count). The van der Waals surface area contributed by atoms with E-state index in [0.717, 1.165) is 12.8 Å². The molecule has 0 fully saturated rings. The van der Waals surface area contributed by atoms with Crippen LogP contribution < -0.4 is 0 Å². The normalized spacial score (nSPS) is 11.4. The van der Waals surface area contributed by atoms with E-state index in [9.17, 15) is 4.79 Å². The van der Waals surface area contributed by atoms with Gasteiger partial charge in [-0.1, -0.05) is 97.0 Å². The maximum absolute atomic E-state index is 11.3. The fourth-order valence-electron chi connectivity index (χ4n) is 2.82. The van der Waals surface area contributed by atoms with Crippen molar-refractivity contribution in [3.63, 3.8) is 0 Å². The van der Waals surface area contributed by atoms with Crippen LogP contribution in [0.2, 0.25) is 0 Å². The molecule has 0 unspecified atom stereocenters. The summed E-state index contributed by atoms with van der Waals surface area (Å²) in [6.45, 7) is 4.33. The summed E-state index contributed by atoms with van der Waals surface area (Å²) >= 11 is 0. The van der Waals surface area contributed by atoms with Crippen molar-refractivity contribution in [3.05, 3.63) is 12.2 Å². The first-order chi connectivity index (χ1) is 10.8. The Balaban J connectivity index is 3.10. The summed E-state index contributed by atoms with van der Waals surface area (Å²) in [5.41, 5.74) is 0. The Bertz CT molecular complexity index is 255. The molecule has 0 radical (unpaired) electrons. The van der Waals surface area contributed by atoms with Crippen molar-refractivity contribution in [1.82, 2.24) is 0 Å². The van der Waals surface area contributed by atoms with Crippen LogP contribution >= 0.6 is 0 Å². The zero-order valence-corrected chi connectivity index (χ0v) is 15.4. The number of carbonyl (C=O) groups is 1. The minimum atomic E-state index is 0.289. The average Bonchev–Trinajstić information content (AvgIpc) is 2.51. The molecule has 0 aliphatic rings. The van der Waals surface area contributed by atoms with Crippen LogP contribution in [0.15, 0.2) is 12.2 Å². The molecule has 0 aromatic heterocycles. The van der Waals surface area contributed by atoms with E-state index in [1.165, 1.54) is 83.5 Å². The van der Waals surface area contributed by atoms with E-state index in [2.05, 4.69) is 19.9 Å². The fourth-order valence-corrected chi connectivity index (χ4v) is 2.82. The SMILES string of the molecule is CCCCCCCCCCCCCCCC=CC(=O)CCC. The van der Waals surface area contributed by atoms with E-state index in [-0.39, 0.29) is 5.78 Å². The molecule has 0 atom stereocenters. The van der Waals surface area contributed by atoms with Gasteiger partial charge in [-0.15, -0.1) is 0 Å². The van der Waals surface area contributed by atoms with Crippen molar-refractivity contribution >= 4 is 5.78 Å². The average molecular weight is 309 g/mol. The van der Waals surface area contributed by atoms with Crippen molar-refractivity contribution in [2.45, 2.75) is 117 Å². The van der Waals surface area contributed by atoms with Gasteiger partial charge in [-0.3, -0.25) is 4.79 Å². The fraction of sp³-hybridized carbons (Fsp3) is 0.857.